The fraction of sp³-hybridized carbons (Fsp3) is 0.391. The Morgan fingerprint density at radius 1 is 1.07 bits per heavy atom. The van der Waals surface area contributed by atoms with Crippen LogP contribution in [-0.4, -0.2) is 47.4 Å². The van der Waals surface area contributed by atoms with Gasteiger partial charge in [0.1, 0.15) is 5.54 Å². The number of amides is 3. The van der Waals surface area contributed by atoms with Crippen LogP contribution in [0.15, 0.2) is 46.9 Å². The Morgan fingerprint density at radius 2 is 1.77 bits per heavy atom. The van der Waals surface area contributed by atoms with E-state index < -0.39 is 5.54 Å². The van der Waals surface area contributed by atoms with Crippen molar-refractivity contribution in [2.45, 2.75) is 32.4 Å². The van der Waals surface area contributed by atoms with Gasteiger partial charge in [0.15, 0.2) is 0 Å². The van der Waals surface area contributed by atoms with E-state index in [-0.39, 0.29) is 17.9 Å². The van der Waals surface area contributed by atoms with E-state index in [0.717, 1.165) is 29.7 Å². The third kappa shape index (κ3) is 3.84. The zero-order valence-corrected chi connectivity index (χ0v) is 19.1. The van der Waals surface area contributed by atoms with Gasteiger partial charge in [0.2, 0.25) is 5.91 Å². The predicted molar refractivity (Wildman–Crippen MR) is 123 cm³/mol. The molecule has 2 aliphatic heterocycles. The maximum Gasteiger partial charge on any atom is 0.322 e. The van der Waals surface area contributed by atoms with Crippen molar-refractivity contribution in [3.8, 4) is 0 Å². The number of carbonyl (C=O) groups is 2. The first-order valence-corrected chi connectivity index (χ1v) is 11.0. The van der Waals surface area contributed by atoms with Crippen molar-refractivity contribution < 1.29 is 9.59 Å². The molecule has 2 atom stereocenters. The molecule has 1 saturated heterocycles. The van der Waals surface area contributed by atoms with Crippen LogP contribution in [0.2, 0.25) is 0 Å². The Bertz CT molecular complexity index is 978. The highest BCUT2D eigenvalue weighted by molar-refractivity contribution is 9.10. The Hall–Kier alpha value is -2.38. The average molecular weight is 471 g/mol. The Kier molecular flexibility index (Phi) is 5.59. The highest BCUT2D eigenvalue weighted by Crippen LogP contribution is 2.38. The molecular weight excluding hydrogens is 444 g/mol. The Labute approximate surface area is 185 Å². The van der Waals surface area contributed by atoms with Gasteiger partial charge in [-0.05, 0) is 67.9 Å². The van der Waals surface area contributed by atoms with Crippen LogP contribution in [0.4, 0.5) is 16.2 Å². The number of hydrogen-bond acceptors (Lipinski definition) is 3. The normalized spacial score (nSPS) is 23.3. The predicted octanol–water partition coefficient (Wildman–Crippen LogP) is 4.32. The largest absolute Gasteiger partial charge is 0.324 e. The molecule has 158 valence electrons. The van der Waals surface area contributed by atoms with Gasteiger partial charge in [-0.1, -0.05) is 28.9 Å². The molecule has 0 radical (unpaired) electrons. The van der Waals surface area contributed by atoms with Crippen LogP contribution in [0.5, 0.6) is 0 Å². The summed E-state index contributed by atoms with van der Waals surface area (Å²) in [4.78, 5) is 30.0. The summed E-state index contributed by atoms with van der Waals surface area (Å²) >= 11 is 3.39. The van der Waals surface area contributed by atoms with Gasteiger partial charge in [-0.2, -0.15) is 0 Å². The quantitative estimate of drug-likeness (QED) is 0.701. The number of nitrogens with zero attached hydrogens (tertiary/aromatic N) is 2. The number of likely N-dealkylation sites (N-methyl/N-ethyl adjacent to an activating group) is 1. The van der Waals surface area contributed by atoms with Crippen LogP contribution in [-0.2, 0) is 17.8 Å². The van der Waals surface area contributed by atoms with Crippen LogP contribution < -0.4 is 10.6 Å². The minimum atomic E-state index is -0.893. The molecule has 0 saturated carbocycles. The summed E-state index contributed by atoms with van der Waals surface area (Å²) < 4.78 is 0.944. The van der Waals surface area contributed by atoms with Crippen LogP contribution in [0, 0.1) is 5.92 Å². The molecule has 0 spiro atoms. The summed E-state index contributed by atoms with van der Waals surface area (Å²) in [6.45, 7) is 6.34. The molecule has 2 aromatic rings. The molecular formula is C23H27BrN4O2. The SMILES string of the molecule is C[C@H]1CN(C(=O)Nc2ccc(Br)cc2)[C@@]1(C)C(=O)Nc1ccc2c(c1)CCN(C)C2. The third-order valence-corrected chi connectivity index (χ3v) is 6.97. The molecule has 7 heteroatoms. The van der Waals surface area contributed by atoms with Gasteiger partial charge in [0.25, 0.3) is 0 Å². The lowest BCUT2D eigenvalue weighted by Gasteiger charge is -2.53. The molecule has 2 N–H and O–H groups in total. The molecule has 2 heterocycles. The van der Waals surface area contributed by atoms with Gasteiger partial charge < -0.3 is 20.4 Å². The second-order valence-electron chi connectivity index (χ2n) is 8.52. The van der Waals surface area contributed by atoms with Crippen molar-refractivity contribution in [1.29, 1.82) is 0 Å². The summed E-state index contributed by atoms with van der Waals surface area (Å²) in [6.07, 6.45) is 0.977. The minimum absolute atomic E-state index is 0.0689. The van der Waals surface area contributed by atoms with E-state index >= 15 is 0 Å². The molecule has 3 amide bonds. The lowest BCUT2D eigenvalue weighted by atomic mass is 9.76. The van der Waals surface area contributed by atoms with Crippen LogP contribution in [0.1, 0.15) is 25.0 Å². The second kappa shape index (κ2) is 8.04. The molecule has 1 fully saturated rings. The summed E-state index contributed by atoms with van der Waals surface area (Å²) in [5.74, 6) is -0.0838. The highest BCUT2D eigenvalue weighted by atomic mass is 79.9. The average Bonchev–Trinajstić information content (AvgIpc) is 2.72. The number of benzene rings is 2. The van der Waals surface area contributed by atoms with E-state index in [4.69, 9.17) is 0 Å². The molecule has 0 aliphatic carbocycles. The van der Waals surface area contributed by atoms with Crippen molar-refractivity contribution in [3.05, 3.63) is 58.1 Å². The molecule has 6 nitrogen and oxygen atoms in total. The monoisotopic (exact) mass is 470 g/mol. The van der Waals surface area contributed by atoms with Gasteiger partial charge >= 0.3 is 6.03 Å². The van der Waals surface area contributed by atoms with E-state index in [2.05, 4.69) is 50.6 Å². The van der Waals surface area contributed by atoms with Crippen molar-refractivity contribution in [1.82, 2.24) is 9.80 Å². The van der Waals surface area contributed by atoms with Crippen molar-refractivity contribution >= 4 is 39.2 Å². The number of carbonyl (C=O) groups excluding carboxylic acids is 2. The Balaban J connectivity index is 1.46. The van der Waals surface area contributed by atoms with Gasteiger partial charge in [-0.25, -0.2) is 4.79 Å². The van der Waals surface area contributed by atoms with Crippen LogP contribution in [0.3, 0.4) is 0 Å². The van der Waals surface area contributed by atoms with Crippen LogP contribution in [0.25, 0.3) is 0 Å². The lowest BCUT2D eigenvalue weighted by Crippen LogP contribution is -2.72. The van der Waals surface area contributed by atoms with E-state index in [9.17, 15) is 9.59 Å². The smallest absolute Gasteiger partial charge is 0.322 e. The van der Waals surface area contributed by atoms with E-state index in [1.807, 2.05) is 44.2 Å². The van der Waals surface area contributed by atoms with Gasteiger partial charge in [-0.3, -0.25) is 4.79 Å². The van der Waals surface area contributed by atoms with E-state index in [1.165, 1.54) is 11.1 Å². The number of fused-ring (bicyclic) bond motifs is 1. The number of nitrogens with one attached hydrogen (secondary N) is 2. The zero-order valence-electron chi connectivity index (χ0n) is 17.5. The first-order valence-electron chi connectivity index (χ1n) is 10.2. The molecule has 4 rings (SSSR count). The summed E-state index contributed by atoms with van der Waals surface area (Å²) in [5, 5.41) is 5.94. The number of rotatable bonds is 3. The molecule has 0 unspecified atom stereocenters. The number of halogens is 1. The Morgan fingerprint density at radius 3 is 2.47 bits per heavy atom. The molecule has 0 aromatic heterocycles. The van der Waals surface area contributed by atoms with Gasteiger partial charge in [0.05, 0.1) is 0 Å². The van der Waals surface area contributed by atoms with Crippen molar-refractivity contribution in [3.63, 3.8) is 0 Å². The maximum absolute atomic E-state index is 13.2. The highest BCUT2D eigenvalue weighted by Gasteiger charge is 2.55. The third-order valence-electron chi connectivity index (χ3n) is 6.44. The fourth-order valence-corrected chi connectivity index (χ4v) is 4.45. The molecule has 0 bridgehead atoms. The van der Waals surface area contributed by atoms with Gasteiger partial charge in [-0.15, -0.1) is 0 Å². The zero-order chi connectivity index (χ0) is 21.5. The van der Waals surface area contributed by atoms with E-state index in [0.29, 0.717) is 12.2 Å². The minimum Gasteiger partial charge on any atom is -0.324 e. The first-order chi connectivity index (χ1) is 14.3. The molecule has 2 aliphatic rings. The number of urea groups is 1. The number of hydrogen-bond donors (Lipinski definition) is 2. The molecule has 2 aromatic carbocycles. The van der Waals surface area contributed by atoms with Crippen LogP contribution >= 0.6 is 15.9 Å². The number of anilines is 2. The summed E-state index contributed by atoms with van der Waals surface area (Å²) in [6, 6.07) is 13.2. The second-order valence-corrected chi connectivity index (χ2v) is 9.44. The maximum atomic E-state index is 13.2. The summed E-state index contributed by atoms with van der Waals surface area (Å²) in [7, 11) is 2.12. The first kappa shape index (κ1) is 20.9. The number of likely N-dealkylation sites (tertiary alicyclic amines) is 1. The fourth-order valence-electron chi connectivity index (χ4n) is 4.19. The lowest BCUT2D eigenvalue weighted by molar-refractivity contribution is -0.137. The van der Waals surface area contributed by atoms with Crippen molar-refractivity contribution in [2.24, 2.45) is 5.92 Å². The van der Waals surface area contributed by atoms with Gasteiger partial charge in [0, 0.05) is 41.4 Å². The van der Waals surface area contributed by atoms with E-state index in [1.54, 1.807) is 4.90 Å². The standard InChI is InChI=1S/C23H27BrN4O2/c1-15-13-28(22(30)26-19-8-5-18(24)6-9-19)23(15,2)21(29)25-20-7-4-17-14-27(3)11-10-16(17)12-20/h4-9,12,15H,10-11,13-14H2,1-3H3,(H,25,29)(H,26,30)/t15-,23+/m0/s1. The van der Waals surface area contributed by atoms with Crippen molar-refractivity contribution in [2.75, 3.05) is 30.8 Å². The summed E-state index contributed by atoms with van der Waals surface area (Å²) in [5.41, 5.74) is 3.18. The topological polar surface area (TPSA) is 64.7 Å². The molecule has 30 heavy (non-hydrogen) atoms.